The van der Waals surface area contributed by atoms with Crippen LogP contribution in [-0.2, 0) is 4.79 Å². The Labute approximate surface area is 124 Å². The molecule has 0 aliphatic rings. The largest absolute Gasteiger partial charge is 0.397 e. The Bertz CT molecular complexity index is 709. The van der Waals surface area contributed by atoms with Crippen molar-refractivity contribution in [2.75, 3.05) is 5.73 Å². The number of halogens is 1. The zero-order chi connectivity index (χ0) is 15.1. The van der Waals surface area contributed by atoms with Crippen LogP contribution in [0.25, 0.3) is 10.1 Å². The average Bonchev–Trinajstić information content (AvgIpc) is 2.66. The van der Waals surface area contributed by atoms with Gasteiger partial charge in [0.15, 0.2) is 0 Å². The van der Waals surface area contributed by atoms with Gasteiger partial charge in [-0.25, -0.2) is 0 Å². The summed E-state index contributed by atoms with van der Waals surface area (Å²) in [5.74, 6) is -1.04. The van der Waals surface area contributed by atoms with Crippen molar-refractivity contribution in [3.8, 4) is 0 Å². The molecule has 2 amide bonds. The molecule has 0 atom stereocenters. The number of thiophene rings is 1. The van der Waals surface area contributed by atoms with Gasteiger partial charge in [-0.1, -0.05) is 11.6 Å². The molecule has 0 saturated heterocycles. The molecule has 0 radical (unpaired) electrons. The molecule has 2 rings (SSSR count). The maximum Gasteiger partial charge on any atom is 0.264 e. The number of anilines is 1. The molecule has 0 unspecified atom stereocenters. The molecule has 5 nitrogen and oxygen atoms in total. The first-order valence-electron chi connectivity index (χ1n) is 5.82. The number of primary amides is 1. The Kier molecular flexibility index (Phi) is 3.62. The maximum absolute atomic E-state index is 12.2. The van der Waals surface area contributed by atoms with Gasteiger partial charge in [-0.05, 0) is 32.0 Å². The molecule has 1 heterocycles. The number of fused-ring (bicyclic) bond motifs is 1. The SMILES string of the molecule is CC(C)(NC(=O)c1sc2ccc(Cl)cc2c1N)C(N)=O. The number of amides is 2. The van der Waals surface area contributed by atoms with Gasteiger partial charge in [0.2, 0.25) is 5.91 Å². The normalized spacial score (nSPS) is 11.6. The van der Waals surface area contributed by atoms with Gasteiger partial charge < -0.3 is 16.8 Å². The van der Waals surface area contributed by atoms with Crippen LogP contribution in [0.3, 0.4) is 0 Å². The van der Waals surface area contributed by atoms with Crippen LogP contribution in [0.5, 0.6) is 0 Å². The fourth-order valence-electron chi connectivity index (χ4n) is 1.66. The second-order valence-corrected chi connectivity index (χ2v) is 6.42. The predicted molar refractivity (Wildman–Crippen MR) is 82.0 cm³/mol. The van der Waals surface area contributed by atoms with E-state index in [9.17, 15) is 9.59 Å². The summed E-state index contributed by atoms with van der Waals surface area (Å²) < 4.78 is 0.855. The molecule has 5 N–H and O–H groups in total. The van der Waals surface area contributed by atoms with E-state index in [0.29, 0.717) is 15.6 Å². The van der Waals surface area contributed by atoms with Crippen molar-refractivity contribution in [2.45, 2.75) is 19.4 Å². The van der Waals surface area contributed by atoms with Crippen molar-refractivity contribution in [2.24, 2.45) is 5.73 Å². The molecule has 0 bridgehead atoms. The third kappa shape index (κ3) is 2.57. The van der Waals surface area contributed by atoms with Gasteiger partial charge in [-0.3, -0.25) is 9.59 Å². The molecular weight excluding hydrogens is 298 g/mol. The fraction of sp³-hybridized carbons (Fsp3) is 0.231. The Balaban J connectivity index is 2.41. The minimum Gasteiger partial charge on any atom is -0.397 e. The number of rotatable bonds is 3. The molecule has 0 aliphatic heterocycles. The van der Waals surface area contributed by atoms with E-state index in [1.165, 1.54) is 25.2 Å². The van der Waals surface area contributed by atoms with E-state index in [2.05, 4.69) is 5.32 Å². The highest BCUT2D eigenvalue weighted by molar-refractivity contribution is 7.21. The van der Waals surface area contributed by atoms with Crippen molar-refractivity contribution < 1.29 is 9.59 Å². The summed E-state index contributed by atoms with van der Waals surface area (Å²) >= 11 is 7.16. The van der Waals surface area contributed by atoms with Crippen molar-refractivity contribution in [3.63, 3.8) is 0 Å². The Morgan fingerprint density at radius 1 is 1.35 bits per heavy atom. The lowest BCUT2D eigenvalue weighted by atomic mass is 10.1. The van der Waals surface area contributed by atoms with E-state index in [4.69, 9.17) is 23.1 Å². The summed E-state index contributed by atoms with van der Waals surface area (Å²) in [5, 5.41) is 3.85. The molecule has 1 aromatic carbocycles. The number of benzene rings is 1. The number of nitrogens with two attached hydrogens (primary N) is 2. The van der Waals surface area contributed by atoms with Crippen molar-refractivity contribution in [1.82, 2.24) is 5.32 Å². The summed E-state index contributed by atoms with van der Waals surface area (Å²) in [4.78, 5) is 23.8. The highest BCUT2D eigenvalue weighted by Gasteiger charge is 2.29. The maximum atomic E-state index is 12.2. The topological polar surface area (TPSA) is 98.2 Å². The summed E-state index contributed by atoms with van der Waals surface area (Å²) in [6.07, 6.45) is 0. The molecule has 2 aromatic rings. The van der Waals surface area contributed by atoms with Gasteiger partial charge in [0.25, 0.3) is 5.91 Å². The Hall–Kier alpha value is -1.79. The molecule has 0 saturated carbocycles. The lowest BCUT2D eigenvalue weighted by molar-refractivity contribution is -0.122. The quantitative estimate of drug-likeness (QED) is 0.809. The van der Waals surface area contributed by atoms with E-state index < -0.39 is 17.4 Å². The van der Waals surface area contributed by atoms with E-state index in [1.54, 1.807) is 18.2 Å². The molecule has 20 heavy (non-hydrogen) atoms. The molecule has 0 fully saturated rings. The Morgan fingerprint density at radius 2 is 2.00 bits per heavy atom. The zero-order valence-electron chi connectivity index (χ0n) is 11.0. The van der Waals surface area contributed by atoms with Crippen LogP contribution in [0, 0.1) is 0 Å². The van der Waals surface area contributed by atoms with Crippen LogP contribution in [0.1, 0.15) is 23.5 Å². The van der Waals surface area contributed by atoms with Gasteiger partial charge in [0, 0.05) is 15.1 Å². The van der Waals surface area contributed by atoms with Crippen molar-refractivity contribution in [1.29, 1.82) is 0 Å². The number of carbonyl (C=O) groups is 2. The van der Waals surface area contributed by atoms with Gasteiger partial charge in [0.1, 0.15) is 10.4 Å². The van der Waals surface area contributed by atoms with Gasteiger partial charge in [-0.2, -0.15) is 0 Å². The molecule has 1 aromatic heterocycles. The molecule has 106 valence electrons. The first kappa shape index (κ1) is 14.6. The first-order valence-corrected chi connectivity index (χ1v) is 7.02. The number of nitrogen functional groups attached to an aromatic ring is 1. The smallest absolute Gasteiger partial charge is 0.264 e. The van der Waals surface area contributed by atoms with Crippen LogP contribution in [-0.4, -0.2) is 17.4 Å². The van der Waals surface area contributed by atoms with E-state index in [0.717, 1.165) is 10.1 Å². The first-order chi connectivity index (χ1) is 9.22. The van der Waals surface area contributed by atoms with E-state index in [1.807, 2.05) is 0 Å². The minimum absolute atomic E-state index is 0.344. The van der Waals surface area contributed by atoms with Crippen LogP contribution in [0.4, 0.5) is 5.69 Å². The Morgan fingerprint density at radius 3 is 2.60 bits per heavy atom. The monoisotopic (exact) mass is 311 g/mol. The fourth-order valence-corrected chi connectivity index (χ4v) is 2.83. The average molecular weight is 312 g/mol. The van der Waals surface area contributed by atoms with Crippen molar-refractivity contribution >= 4 is 50.5 Å². The van der Waals surface area contributed by atoms with Crippen LogP contribution < -0.4 is 16.8 Å². The molecule has 0 aliphatic carbocycles. The number of nitrogens with one attached hydrogen (secondary N) is 1. The van der Waals surface area contributed by atoms with Gasteiger partial charge in [-0.15, -0.1) is 11.3 Å². The summed E-state index contributed by atoms with van der Waals surface area (Å²) in [5.41, 5.74) is 10.4. The van der Waals surface area contributed by atoms with E-state index >= 15 is 0 Å². The second kappa shape index (κ2) is 4.96. The molecule has 7 heteroatoms. The zero-order valence-corrected chi connectivity index (χ0v) is 12.6. The highest BCUT2D eigenvalue weighted by atomic mass is 35.5. The third-order valence-corrected chi connectivity index (χ3v) is 4.36. The highest BCUT2D eigenvalue weighted by Crippen LogP contribution is 2.35. The van der Waals surface area contributed by atoms with Crippen LogP contribution in [0.15, 0.2) is 18.2 Å². The lowest BCUT2D eigenvalue weighted by Crippen LogP contribution is -2.52. The minimum atomic E-state index is -1.14. The van der Waals surface area contributed by atoms with Crippen LogP contribution in [0.2, 0.25) is 5.02 Å². The second-order valence-electron chi connectivity index (χ2n) is 4.93. The lowest BCUT2D eigenvalue weighted by Gasteiger charge is -2.21. The molecule has 0 spiro atoms. The van der Waals surface area contributed by atoms with E-state index in [-0.39, 0.29) is 0 Å². The van der Waals surface area contributed by atoms with Gasteiger partial charge >= 0.3 is 0 Å². The van der Waals surface area contributed by atoms with Crippen LogP contribution >= 0.6 is 22.9 Å². The van der Waals surface area contributed by atoms with Gasteiger partial charge in [0.05, 0.1) is 5.69 Å². The predicted octanol–water partition coefficient (Wildman–Crippen LogP) is 2.13. The number of hydrogen-bond donors (Lipinski definition) is 3. The number of hydrogen-bond acceptors (Lipinski definition) is 4. The molecular formula is C13H14ClN3O2S. The summed E-state index contributed by atoms with van der Waals surface area (Å²) in [7, 11) is 0. The summed E-state index contributed by atoms with van der Waals surface area (Å²) in [6, 6.07) is 5.24. The van der Waals surface area contributed by atoms with Crippen molar-refractivity contribution in [3.05, 3.63) is 28.1 Å². The summed E-state index contributed by atoms with van der Waals surface area (Å²) in [6.45, 7) is 3.07. The third-order valence-electron chi connectivity index (χ3n) is 2.94. The standard InChI is InChI=1S/C13H14ClN3O2S/c1-13(2,12(16)19)17-11(18)10-9(15)7-5-6(14)3-4-8(7)20-10/h3-5H,15H2,1-2H3,(H2,16,19)(H,17,18). The number of carbonyl (C=O) groups excluding carboxylic acids is 2.